The SMILES string of the molecule is CCCCCCCC1CCC(C2CCC(C(=O)[O-])CC2)CC1. The third-order valence-corrected chi connectivity index (χ3v) is 6.38. The zero-order valence-corrected chi connectivity index (χ0v) is 14.5. The molecule has 0 heterocycles. The molecule has 2 nitrogen and oxygen atoms in total. The van der Waals surface area contributed by atoms with Gasteiger partial charge in [-0.25, -0.2) is 0 Å². The van der Waals surface area contributed by atoms with Crippen molar-refractivity contribution < 1.29 is 9.90 Å². The number of hydrogen-bond acceptors (Lipinski definition) is 2. The van der Waals surface area contributed by atoms with Crippen LogP contribution in [0.15, 0.2) is 0 Å². The molecule has 0 aromatic rings. The predicted octanol–water partition coefficient (Wildman–Crippen LogP) is 4.71. The summed E-state index contributed by atoms with van der Waals surface area (Å²) in [5.41, 5.74) is 0. The molecule has 2 heteroatoms. The Bertz CT molecular complexity index is 310. The molecule has 0 radical (unpaired) electrons. The van der Waals surface area contributed by atoms with Crippen LogP contribution in [-0.2, 0) is 4.79 Å². The first-order valence-electron chi connectivity index (χ1n) is 9.91. The number of carbonyl (C=O) groups is 1. The van der Waals surface area contributed by atoms with E-state index in [9.17, 15) is 9.90 Å². The summed E-state index contributed by atoms with van der Waals surface area (Å²) in [5, 5.41) is 10.9. The van der Waals surface area contributed by atoms with Crippen LogP contribution >= 0.6 is 0 Å². The molecule has 2 fully saturated rings. The number of carbonyl (C=O) groups excluding carboxylic acids is 1. The van der Waals surface area contributed by atoms with Crippen molar-refractivity contribution in [2.75, 3.05) is 0 Å². The maximum Gasteiger partial charge on any atom is 0.0445 e. The quantitative estimate of drug-likeness (QED) is 0.609. The molecule has 0 amide bonds. The van der Waals surface area contributed by atoms with Crippen molar-refractivity contribution in [1.82, 2.24) is 0 Å². The fourth-order valence-corrected chi connectivity index (χ4v) is 4.81. The normalized spacial score (nSPS) is 32.8. The van der Waals surface area contributed by atoms with Crippen LogP contribution in [0.1, 0.15) is 96.8 Å². The molecule has 0 aliphatic heterocycles. The van der Waals surface area contributed by atoms with E-state index >= 15 is 0 Å². The maximum absolute atomic E-state index is 10.9. The Balaban J connectivity index is 1.58. The zero-order chi connectivity index (χ0) is 15.8. The molecule has 2 rings (SSSR count). The van der Waals surface area contributed by atoms with Crippen molar-refractivity contribution in [1.29, 1.82) is 0 Å². The summed E-state index contributed by atoms with van der Waals surface area (Å²) in [4.78, 5) is 10.9. The molecule has 128 valence electrons. The zero-order valence-electron chi connectivity index (χ0n) is 14.5. The van der Waals surface area contributed by atoms with Crippen molar-refractivity contribution in [2.24, 2.45) is 23.7 Å². The lowest BCUT2D eigenvalue weighted by Gasteiger charge is -2.38. The smallest absolute Gasteiger partial charge is 0.0445 e. The van der Waals surface area contributed by atoms with Crippen molar-refractivity contribution >= 4 is 5.97 Å². The second kappa shape index (κ2) is 9.57. The molecule has 0 saturated heterocycles. The molecule has 0 unspecified atom stereocenters. The second-order valence-corrected chi connectivity index (χ2v) is 7.91. The van der Waals surface area contributed by atoms with Gasteiger partial charge >= 0.3 is 0 Å². The van der Waals surface area contributed by atoms with Crippen LogP contribution in [-0.4, -0.2) is 5.97 Å². The maximum atomic E-state index is 10.9. The van der Waals surface area contributed by atoms with Crippen molar-refractivity contribution in [2.45, 2.75) is 96.8 Å². The van der Waals surface area contributed by atoms with Crippen LogP contribution in [0, 0.1) is 23.7 Å². The van der Waals surface area contributed by atoms with E-state index in [1.165, 1.54) is 64.2 Å². The van der Waals surface area contributed by atoms with Crippen molar-refractivity contribution in [3.05, 3.63) is 0 Å². The molecule has 2 aliphatic rings. The van der Waals surface area contributed by atoms with Crippen LogP contribution in [0.4, 0.5) is 0 Å². The van der Waals surface area contributed by atoms with E-state index < -0.39 is 5.97 Å². The third kappa shape index (κ3) is 5.59. The first-order valence-corrected chi connectivity index (χ1v) is 9.91. The van der Waals surface area contributed by atoms with Gasteiger partial charge in [0.1, 0.15) is 0 Å². The number of carboxylic acids is 1. The lowest BCUT2D eigenvalue weighted by molar-refractivity contribution is -0.312. The second-order valence-electron chi connectivity index (χ2n) is 7.91. The fraction of sp³-hybridized carbons (Fsp3) is 0.950. The molecule has 22 heavy (non-hydrogen) atoms. The molecule has 0 bridgehead atoms. The van der Waals surface area contributed by atoms with Gasteiger partial charge in [0.2, 0.25) is 0 Å². The molecule has 0 N–H and O–H groups in total. The van der Waals surface area contributed by atoms with Gasteiger partial charge in [-0.1, -0.05) is 58.3 Å². The van der Waals surface area contributed by atoms with Gasteiger partial charge in [0, 0.05) is 5.97 Å². The number of unbranched alkanes of at least 4 members (excludes halogenated alkanes) is 4. The molecule has 2 aliphatic carbocycles. The summed E-state index contributed by atoms with van der Waals surface area (Å²) in [7, 11) is 0. The number of rotatable bonds is 8. The number of hydrogen-bond donors (Lipinski definition) is 0. The van der Waals surface area contributed by atoms with Crippen LogP contribution in [0.25, 0.3) is 0 Å². The average Bonchev–Trinajstić information content (AvgIpc) is 2.55. The van der Waals surface area contributed by atoms with E-state index in [2.05, 4.69) is 6.92 Å². The summed E-state index contributed by atoms with van der Waals surface area (Å²) >= 11 is 0. The highest BCUT2D eigenvalue weighted by atomic mass is 16.4. The van der Waals surface area contributed by atoms with Gasteiger partial charge in [0.05, 0.1) is 0 Å². The Morgan fingerprint density at radius 1 is 0.818 bits per heavy atom. The average molecular weight is 307 g/mol. The molecule has 0 spiro atoms. The van der Waals surface area contributed by atoms with E-state index in [-0.39, 0.29) is 5.92 Å². The lowest BCUT2D eigenvalue weighted by Crippen LogP contribution is -2.35. The first-order chi connectivity index (χ1) is 10.7. The Morgan fingerprint density at radius 2 is 1.36 bits per heavy atom. The minimum Gasteiger partial charge on any atom is -0.550 e. The Morgan fingerprint density at radius 3 is 1.91 bits per heavy atom. The fourth-order valence-electron chi connectivity index (χ4n) is 4.81. The topological polar surface area (TPSA) is 40.1 Å². The number of aliphatic carboxylic acids is 1. The van der Waals surface area contributed by atoms with E-state index in [0.29, 0.717) is 0 Å². The summed E-state index contributed by atoms with van der Waals surface area (Å²) < 4.78 is 0. The first kappa shape index (κ1) is 17.8. The van der Waals surface area contributed by atoms with Gasteiger partial charge in [-0.05, 0) is 62.2 Å². The van der Waals surface area contributed by atoms with Crippen molar-refractivity contribution in [3.8, 4) is 0 Å². The highest BCUT2D eigenvalue weighted by molar-refractivity contribution is 5.67. The van der Waals surface area contributed by atoms with Crippen molar-refractivity contribution in [3.63, 3.8) is 0 Å². The van der Waals surface area contributed by atoms with E-state index in [4.69, 9.17) is 0 Å². The van der Waals surface area contributed by atoms with Gasteiger partial charge in [-0.2, -0.15) is 0 Å². The van der Waals surface area contributed by atoms with Crippen LogP contribution in [0.2, 0.25) is 0 Å². The Labute approximate surface area is 137 Å². The lowest BCUT2D eigenvalue weighted by atomic mass is 9.68. The Hall–Kier alpha value is -0.530. The minimum atomic E-state index is -0.815. The van der Waals surface area contributed by atoms with Crippen LogP contribution in [0.3, 0.4) is 0 Å². The minimum absolute atomic E-state index is 0.157. The largest absolute Gasteiger partial charge is 0.550 e. The van der Waals surface area contributed by atoms with Gasteiger partial charge in [0.15, 0.2) is 0 Å². The van der Waals surface area contributed by atoms with E-state index in [1.807, 2.05) is 0 Å². The van der Waals surface area contributed by atoms with E-state index in [1.54, 1.807) is 0 Å². The van der Waals surface area contributed by atoms with Gasteiger partial charge in [-0.15, -0.1) is 0 Å². The van der Waals surface area contributed by atoms with E-state index in [0.717, 1.165) is 43.4 Å². The highest BCUT2D eigenvalue weighted by Crippen LogP contribution is 2.42. The Kier molecular flexibility index (Phi) is 7.75. The number of carboxylic acid groups (broad SMARTS) is 1. The van der Waals surface area contributed by atoms with Crippen LogP contribution < -0.4 is 5.11 Å². The molecular formula is C20H35O2-. The van der Waals surface area contributed by atoms with Gasteiger partial charge in [0.25, 0.3) is 0 Å². The summed E-state index contributed by atoms with van der Waals surface area (Å²) in [6.07, 6.45) is 18.1. The van der Waals surface area contributed by atoms with Gasteiger partial charge in [-0.3, -0.25) is 0 Å². The molecule has 0 aromatic carbocycles. The summed E-state index contributed by atoms with van der Waals surface area (Å²) in [6, 6.07) is 0. The monoisotopic (exact) mass is 307 g/mol. The van der Waals surface area contributed by atoms with Gasteiger partial charge < -0.3 is 9.90 Å². The van der Waals surface area contributed by atoms with Crippen LogP contribution in [0.5, 0.6) is 0 Å². The highest BCUT2D eigenvalue weighted by Gasteiger charge is 2.30. The summed E-state index contributed by atoms with van der Waals surface area (Å²) in [5.74, 6) is 1.71. The molecule has 2 saturated carbocycles. The predicted molar refractivity (Wildman–Crippen MR) is 89.3 cm³/mol. The molecule has 0 aromatic heterocycles. The molecular weight excluding hydrogens is 272 g/mol. The summed E-state index contributed by atoms with van der Waals surface area (Å²) in [6.45, 7) is 2.28. The standard InChI is InChI=1S/C20H36O2/c1-2-3-4-5-6-7-16-8-10-17(11-9-16)18-12-14-19(15-13-18)20(21)22/h16-19H,2-15H2,1H3,(H,21,22)/p-1. The third-order valence-electron chi connectivity index (χ3n) is 6.38. The molecule has 0 atom stereocenters.